The molecule has 3 aromatic heterocycles. The van der Waals surface area contributed by atoms with Crippen LogP contribution in [0.4, 0.5) is 11.6 Å². The maximum atomic E-state index is 5.86. The highest BCUT2D eigenvalue weighted by Crippen LogP contribution is 2.35. The average Bonchev–Trinajstić information content (AvgIpc) is 2.65. The van der Waals surface area contributed by atoms with Crippen molar-refractivity contribution in [1.29, 1.82) is 0 Å². The summed E-state index contributed by atoms with van der Waals surface area (Å²) in [7, 11) is 0. The molecule has 3 heterocycles. The first kappa shape index (κ1) is 10.6. The Labute approximate surface area is 103 Å². The van der Waals surface area contributed by atoms with Gasteiger partial charge in [-0.05, 0) is 25.1 Å². The standard InChI is InChI=1S/C13H12N4O/c1-7-6-8(2-4-16-7)11-12-9(3-5-17-11)10(14)13(15)18-12/h2-6H,14-15H2,1H3. The van der Waals surface area contributed by atoms with Crippen LogP contribution in [0.2, 0.25) is 0 Å². The van der Waals surface area contributed by atoms with Gasteiger partial charge in [-0.2, -0.15) is 0 Å². The Hall–Kier alpha value is -2.56. The smallest absolute Gasteiger partial charge is 0.214 e. The zero-order valence-electron chi connectivity index (χ0n) is 9.84. The van der Waals surface area contributed by atoms with Gasteiger partial charge in [-0.1, -0.05) is 0 Å². The molecule has 0 spiro atoms. The highest BCUT2D eigenvalue weighted by Gasteiger charge is 2.14. The van der Waals surface area contributed by atoms with Crippen molar-refractivity contribution >= 4 is 22.5 Å². The van der Waals surface area contributed by atoms with Crippen molar-refractivity contribution in [2.45, 2.75) is 6.92 Å². The number of fused-ring (bicyclic) bond motifs is 1. The molecule has 0 aromatic carbocycles. The molecule has 0 aliphatic heterocycles. The molecule has 0 fully saturated rings. The quantitative estimate of drug-likeness (QED) is 0.681. The third-order valence-corrected chi connectivity index (χ3v) is 2.84. The zero-order valence-corrected chi connectivity index (χ0v) is 9.84. The van der Waals surface area contributed by atoms with Crippen molar-refractivity contribution in [2.24, 2.45) is 0 Å². The molecule has 18 heavy (non-hydrogen) atoms. The van der Waals surface area contributed by atoms with Crippen LogP contribution in [-0.4, -0.2) is 9.97 Å². The van der Waals surface area contributed by atoms with E-state index in [0.29, 0.717) is 11.3 Å². The van der Waals surface area contributed by atoms with E-state index in [4.69, 9.17) is 15.9 Å². The number of hydrogen-bond acceptors (Lipinski definition) is 5. The van der Waals surface area contributed by atoms with E-state index >= 15 is 0 Å². The first-order valence-electron chi connectivity index (χ1n) is 5.52. The fourth-order valence-electron chi connectivity index (χ4n) is 1.96. The second kappa shape index (κ2) is 3.73. The van der Waals surface area contributed by atoms with Gasteiger partial charge in [0.25, 0.3) is 0 Å². The number of rotatable bonds is 1. The van der Waals surface area contributed by atoms with Gasteiger partial charge in [-0.15, -0.1) is 0 Å². The van der Waals surface area contributed by atoms with E-state index < -0.39 is 0 Å². The van der Waals surface area contributed by atoms with Gasteiger partial charge in [0.2, 0.25) is 5.88 Å². The Kier molecular flexibility index (Phi) is 2.19. The van der Waals surface area contributed by atoms with E-state index in [2.05, 4.69) is 9.97 Å². The number of hydrogen-bond donors (Lipinski definition) is 2. The number of aryl methyl sites for hydroxylation is 1. The average molecular weight is 240 g/mol. The van der Waals surface area contributed by atoms with Crippen LogP contribution in [-0.2, 0) is 0 Å². The van der Waals surface area contributed by atoms with Gasteiger partial charge in [0.05, 0.1) is 0 Å². The molecule has 0 saturated heterocycles. The molecule has 0 saturated carbocycles. The summed E-state index contributed by atoms with van der Waals surface area (Å²) < 4.78 is 5.49. The minimum absolute atomic E-state index is 0.227. The van der Waals surface area contributed by atoms with E-state index in [1.54, 1.807) is 18.5 Å². The predicted molar refractivity (Wildman–Crippen MR) is 70.8 cm³/mol. The topological polar surface area (TPSA) is 91.0 Å². The summed E-state index contributed by atoms with van der Waals surface area (Å²) in [5.74, 6) is 0.227. The van der Waals surface area contributed by atoms with Crippen LogP contribution in [0.25, 0.3) is 22.2 Å². The molecule has 4 N–H and O–H groups in total. The summed E-state index contributed by atoms with van der Waals surface area (Å²) in [4.78, 5) is 8.50. The lowest BCUT2D eigenvalue weighted by atomic mass is 10.1. The normalized spacial score (nSPS) is 10.9. The summed E-state index contributed by atoms with van der Waals surface area (Å²) in [5.41, 5.74) is 15.2. The Bertz CT molecular complexity index is 733. The molecule has 0 aliphatic rings. The van der Waals surface area contributed by atoms with Gasteiger partial charge in [0.15, 0.2) is 5.58 Å². The minimum Gasteiger partial charge on any atom is -0.436 e. The highest BCUT2D eigenvalue weighted by molar-refractivity contribution is 6.01. The van der Waals surface area contributed by atoms with E-state index in [9.17, 15) is 0 Å². The van der Waals surface area contributed by atoms with Gasteiger partial charge < -0.3 is 15.9 Å². The zero-order chi connectivity index (χ0) is 12.7. The van der Waals surface area contributed by atoms with Crippen LogP contribution >= 0.6 is 0 Å². The number of anilines is 2. The molecule has 5 heteroatoms. The van der Waals surface area contributed by atoms with Crippen LogP contribution in [0.15, 0.2) is 35.0 Å². The van der Waals surface area contributed by atoms with Crippen LogP contribution in [0.5, 0.6) is 0 Å². The van der Waals surface area contributed by atoms with E-state index in [0.717, 1.165) is 22.3 Å². The summed E-state index contributed by atoms with van der Waals surface area (Å²) in [5, 5.41) is 0.784. The minimum atomic E-state index is 0.227. The van der Waals surface area contributed by atoms with Gasteiger partial charge >= 0.3 is 0 Å². The predicted octanol–water partition coefficient (Wildman–Crippen LogP) is 2.36. The third kappa shape index (κ3) is 1.48. The van der Waals surface area contributed by atoms with E-state index in [-0.39, 0.29) is 5.88 Å². The first-order chi connectivity index (χ1) is 8.66. The van der Waals surface area contributed by atoms with Gasteiger partial charge in [-0.25, -0.2) is 0 Å². The maximum Gasteiger partial charge on any atom is 0.214 e. The molecule has 0 atom stereocenters. The number of nitrogens with zero attached hydrogens (tertiary/aromatic N) is 2. The number of nitrogens with two attached hydrogens (primary N) is 2. The Morgan fingerprint density at radius 3 is 2.67 bits per heavy atom. The largest absolute Gasteiger partial charge is 0.436 e. The molecule has 90 valence electrons. The number of aromatic nitrogens is 2. The SMILES string of the molecule is Cc1cc(-c2nccc3c(N)c(N)oc23)ccn1. The summed E-state index contributed by atoms with van der Waals surface area (Å²) in [6.07, 6.45) is 3.43. The number of nitrogen functional groups attached to an aromatic ring is 2. The molecule has 0 radical (unpaired) electrons. The lowest BCUT2D eigenvalue weighted by Gasteiger charge is -2.02. The number of pyridine rings is 2. The van der Waals surface area contributed by atoms with Crippen molar-refractivity contribution in [1.82, 2.24) is 9.97 Å². The van der Waals surface area contributed by atoms with Crippen LogP contribution in [0.3, 0.4) is 0 Å². The van der Waals surface area contributed by atoms with Crippen LogP contribution in [0, 0.1) is 6.92 Å². The molecule has 3 rings (SSSR count). The second-order valence-corrected chi connectivity index (χ2v) is 4.10. The molecular formula is C13H12N4O. The first-order valence-corrected chi connectivity index (χ1v) is 5.52. The Balaban J connectivity index is 2.33. The number of furan rings is 1. The van der Waals surface area contributed by atoms with Crippen molar-refractivity contribution in [2.75, 3.05) is 11.5 Å². The van der Waals surface area contributed by atoms with Crippen LogP contribution < -0.4 is 11.5 Å². The molecule has 5 nitrogen and oxygen atoms in total. The molecular weight excluding hydrogens is 228 g/mol. The Morgan fingerprint density at radius 2 is 1.89 bits per heavy atom. The molecule has 0 unspecified atom stereocenters. The molecule has 0 aliphatic carbocycles. The third-order valence-electron chi connectivity index (χ3n) is 2.84. The van der Waals surface area contributed by atoms with E-state index in [1.165, 1.54) is 0 Å². The molecule has 3 aromatic rings. The second-order valence-electron chi connectivity index (χ2n) is 4.10. The summed E-state index contributed by atoms with van der Waals surface area (Å²) in [6, 6.07) is 5.61. The van der Waals surface area contributed by atoms with E-state index in [1.807, 2.05) is 19.1 Å². The van der Waals surface area contributed by atoms with Crippen molar-refractivity contribution in [3.05, 3.63) is 36.3 Å². The maximum absolute atomic E-state index is 5.86. The lowest BCUT2D eigenvalue weighted by Crippen LogP contribution is -1.89. The summed E-state index contributed by atoms with van der Waals surface area (Å²) in [6.45, 7) is 1.93. The van der Waals surface area contributed by atoms with Crippen molar-refractivity contribution < 1.29 is 4.42 Å². The fourth-order valence-corrected chi connectivity index (χ4v) is 1.96. The fraction of sp³-hybridized carbons (Fsp3) is 0.0769. The molecule has 0 amide bonds. The molecule has 0 bridgehead atoms. The van der Waals surface area contributed by atoms with Crippen LogP contribution in [0.1, 0.15) is 5.69 Å². The van der Waals surface area contributed by atoms with Gasteiger partial charge in [-0.3, -0.25) is 9.97 Å². The lowest BCUT2D eigenvalue weighted by molar-refractivity contribution is 0.638. The highest BCUT2D eigenvalue weighted by atomic mass is 16.3. The Morgan fingerprint density at radius 1 is 1.11 bits per heavy atom. The van der Waals surface area contributed by atoms with Gasteiger partial charge in [0.1, 0.15) is 11.4 Å². The van der Waals surface area contributed by atoms with Crippen molar-refractivity contribution in [3.8, 4) is 11.3 Å². The van der Waals surface area contributed by atoms with Gasteiger partial charge in [0, 0.05) is 29.0 Å². The van der Waals surface area contributed by atoms with Crippen molar-refractivity contribution in [3.63, 3.8) is 0 Å². The monoisotopic (exact) mass is 240 g/mol. The summed E-state index contributed by atoms with van der Waals surface area (Å²) >= 11 is 0.